The van der Waals surface area contributed by atoms with Crippen LogP contribution in [0.4, 0.5) is 0 Å². The van der Waals surface area contributed by atoms with Crippen molar-refractivity contribution in [3.8, 4) is 5.88 Å². The zero-order valence-electron chi connectivity index (χ0n) is 7.44. The molecule has 5 nitrogen and oxygen atoms in total. The van der Waals surface area contributed by atoms with Crippen molar-refractivity contribution in [3.05, 3.63) is 24.0 Å². The molecule has 0 aliphatic heterocycles. The molecule has 2 heterocycles. The predicted octanol–water partition coefficient (Wildman–Crippen LogP) is 1.27. The highest BCUT2D eigenvalue weighted by molar-refractivity contribution is 5.93. The van der Waals surface area contributed by atoms with Gasteiger partial charge in [-0.2, -0.15) is 0 Å². The van der Waals surface area contributed by atoms with Crippen molar-refractivity contribution in [2.24, 2.45) is 0 Å². The van der Waals surface area contributed by atoms with E-state index in [4.69, 9.17) is 9.84 Å². The van der Waals surface area contributed by atoms with E-state index in [1.807, 2.05) is 0 Å². The molecule has 0 atom stereocenters. The Balaban J connectivity index is 2.60. The van der Waals surface area contributed by atoms with Gasteiger partial charge in [0.25, 0.3) is 0 Å². The molecule has 0 bridgehead atoms. The van der Waals surface area contributed by atoms with Crippen LogP contribution in [0.3, 0.4) is 0 Å². The zero-order chi connectivity index (χ0) is 10.1. The number of aromatic nitrogens is 2. The second kappa shape index (κ2) is 3.02. The number of carboxylic acids is 1. The molecule has 0 aromatic carbocycles. The smallest absolute Gasteiger partial charge is 0.352 e. The fraction of sp³-hybridized carbons (Fsp3) is 0.111. The molecular formula is C9H8N2O3. The van der Waals surface area contributed by atoms with Crippen molar-refractivity contribution in [1.82, 2.24) is 9.97 Å². The number of carbonyl (C=O) groups is 1. The van der Waals surface area contributed by atoms with Crippen LogP contribution in [0.2, 0.25) is 0 Å². The van der Waals surface area contributed by atoms with Crippen LogP contribution in [0.25, 0.3) is 10.9 Å². The first-order valence-electron chi connectivity index (χ1n) is 3.97. The largest absolute Gasteiger partial charge is 0.481 e. The maximum absolute atomic E-state index is 10.6. The summed E-state index contributed by atoms with van der Waals surface area (Å²) >= 11 is 0. The standard InChI is InChI=1S/C9H8N2O3/c1-14-8-3-6-5(4-10-8)2-7(11-6)9(12)13/h2-4,11H,1H3,(H,12,13). The SMILES string of the molecule is COc1cc2[nH]c(C(=O)O)cc2cn1. The van der Waals surface area contributed by atoms with Crippen LogP contribution < -0.4 is 4.74 Å². The normalized spacial score (nSPS) is 10.4. The van der Waals surface area contributed by atoms with Gasteiger partial charge in [0.2, 0.25) is 5.88 Å². The van der Waals surface area contributed by atoms with E-state index in [0.29, 0.717) is 11.4 Å². The van der Waals surface area contributed by atoms with E-state index in [2.05, 4.69) is 9.97 Å². The first-order valence-corrected chi connectivity index (χ1v) is 3.97. The number of nitrogens with one attached hydrogen (secondary N) is 1. The number of rotatable bonds is 2. The molecular weight excluding hydrogens is 184 g/mol. The number of fused-ring (bicyclic) bond motifs is 1. The lowest BCUT2D eigenvalue weighted by Gasteiger charge is -1.96. The minimum absolute atomic E-state index is 0.148. The summed E-state index contributed by atoms with van der Waals surface area (Å²) in [5.41, 5.74) is 0.851. The maximum Gasteiger partial charge on any atom is 0.352 e. The minimum atomic E-state index is -0.986. The van der Waals surface area contributed by atoms with Crippen LogP contribution in [0.15, 0.2) is 18.3 Å². The topological polar surface area (TPSA) is 75.2 Å². The summed E-state index contributed by atoms with van der Waals surface area (Å²) in [6.07, 6.45) is 1.57. The van der Waals surface area contributed by atoms with Crippen LogP contribution in [0.1, 0.15) is 10.5 Å². The number of hydrogen-bond acceptors (Lipinski definition) is 3. The fourth-order valence-electron chi connectivity index (χ4n) is 1.23. The van der Waals surface area contributed by atoms with E-state index < -0.39 is 5.97 Å². The number of H-pyrrole nitrogens is 1. The lowest BCUT2D eigenvalue weighted by molar-refractivity contribution is 0.0691. The summed E-state index contributed by atoms with van der Waals surface area (Å²) in [6.45, 7) is 0. The summed E-state index contributed by atoms with van der Waals surface area (Å²) in [4.78, 5) is 17.4. The van der Waals surface area contributed by atoms with E-state index in [0.717, 1.165) is 5.39 Å². The second-order valence-corrected chi connectivity index (χ2v) is 2.80. The van der Waals surface area contributed by atoms with Gasteiger partial charge in [-0.1, -0.05) is 0 Å². The van der Waals surface area contributed by atoms with Gasteiger partial charge in [-0.05, 0) is 6.07 Å². The van der Waals surface area contributed by atoms with E-state index >= 15 is 0 Å². The lowest BCUT2D eigenvalue weighted by Crippen LogP contribution is -1.94. The first kappa shape index (κ1) is 8.55. The second-order valence-electron chi connectivity index (χ2n) is 2.80. The van der Waals surface area contributed by atoms with Gasteiger partial charge in [0.05, 0.1) is 12.6 Å². The van der Waals surface area contributed by atoms with Crippen LogP contribution in [-0.4, -0.2) is 28.2 Å². The van der Waals surface area contributed by atoms with Gasteiger partial charge in [-0.15, -0.1) is 0 Å². The van der Waals surface area contributed by atoms with Crippen molar-refractivity contribution in [3.63, 3.8) is 0 Å². The van der Waals surface area contributed by atoms with E-state index in [1.54, 1.807) is 12.3 Å². The van der Waals surface area contributed by atoms with Gasteiger partial charge in [0.15, 0.2) is 0 Å². The number of aromatic carboxylic acids is 1. The first-order chi connectivity index (χ1) is 6.70. The molecule has 72 valence electrons. The molecule has 0 amide bonds. The molecule has 14 heavy (non-hydrogen) atoms. The molecule has 2 aromatic heterocycles. The van der Waals surface area contributed by atoms with E-state index in [9.17, 15) is 4.79 Å². The van der Waals surface area contributed by atoms with Gasteiger partial charge < -0.3 is 14.8 Å². The molecule has 0 unspecified atom stereocenters. The Labute approximate surface area is 79.3 Å². The Bertz CT molecular complexity index is 490. The third-order valence-electron chi connectivity index (χ3n) is 1.92. The average Bonchev–Trinajstić information content (AvgIpc) is 2.59. The average molecular weight is 192 g/mol. The highest BCUT2D eigenvalue weighted by Crippen LogP contribution is 2.18. The lowest BCUT2D eigenvalue weighted by atomic mass is 10.3. The monoisotopic (exact) mass is 192 g/mol. The third-order valence-corrected chi connectivity index (χ3v) is 1.92. The van der Waals surface area contributed by atoms with Gasteiger partial charge >= 0.3 is 5.97 Å². The molecule has 5 heteroatoms. The fourth-order valence-corrected chi connectivity index (χ4v) is 1.23. The number of nitrogens with zero attached hydrogens (tertiary/aromatic N) is 1. The van der Waals surface area contributed by atoms with Crippen molar-refractivity contribution >= 4 is 16.9 Å². The molecule has 0 spiro atoms. The van der Waals surface area contributed by atoms with E-state index in [-0.39, 0.29) is 5.69 Å². The third kappa shape index (κ3) is 1.28. The quantitative estimate of drug-likeness (QED) is 0.751. The minimum Gasteiger partial charge on any atom is -0.481 e. The summed E-state index contributed by atoms with van der Waals surface area (Å²) in [6, 6.07) is 3.19. The Morgan fingerprint density at radius 2 is 2.36 bits per heavy atom. The van der Waals surface area contributed by atoms with Crippen LogP contribution in [0.5, 0.6) is 5.88 Å². The molecule has 2 N–H and O–H groups in total. The Morgan fingerprint density at radius 1 is 1.57 bits per heavy atom. The number of methoxy groups -OCH3 is 1. The molecule has 0 aliphatic carbocycles. The zero-order valence-corrected chi connectivity index (χ0v) is 7.44. The van der Waals surface area contributed by atoms with Crippen molar-refractivity contribution in [1.29, 1.82) is 0 Å². The number of hydrogen-bond donors (Lipinski definition) is 2. The summed E-state index contributed by atoms with van der Waals surface area (Å²) < 4.78 is 4.91. The summed E-state index contributed by atoms with van der Waals surface area (Å²) in [7, 11) is 1.51. The van der Waals surface area contributed by atoms with Crippen molar-refractivity contribution in [2.75, 3.05) is 7.11 Å². The molecule has 0 saturated heterocycles. The van der Waals surface area contributed by atoms with Crippen molar-refractivity contribution in [2.45, 2.75) is 0 Å². The van der Waals surface area contributed by atoms with Crippen LogP contribution >= 0.6 is 0 Å². The van der Waals surface area contributed by atoms with Gasteiger partial charge in [0.1, 0.15) is 5.69 Å². The predicted molar refractivity (Wildman–Crippen MR) is 49.6 cm³/mol. The molecule has 0 fully saturated rings. The number of aromatic amines is 1. The van der Waals surface area contributed by atoms with E-state index in [1.165, 1.54) is 13.2 Å². The van der Waals surface area contributed by atoms with Crippen molar-refractivity contribution < 1.29 is 14.6 Å². The van der Waals surface area contributed by atoms with Gasteiger partial charge in [-0.3, -0.25) is 0 Å². The molecule has 0 aliphatic rings. The molecule has 2 aromatic rings. The molecule has 2 rings (SSSR count). The Kier molecular flexibility index (Phi) is 1.85. The summed E-state index contributed by atoms with van der Waals surface area (Å²) in [5, 5.41) is 9.48. The Morgan fingerprint density at radius 3 is 3.00 bits per heavy atom. The Hall–Kier alpha value is -2.04. The highest BCUT2D eigenvalue weighted by atomic mass is 16.5. The number of pyridine rings is 1. The van der Waals surface area contributed by atoms with Gasteiger partial charge in [-0.25, -0.2) is 9.78 Å². The number of carboxylic acid groups (broad SMARTS) is 1. The maximum atomic E-state index is 10.6. The highest BCUT2D eigenvalue weighted by Gasteiger charge is 2.07. The van der Waals surface area contributed by atoms with Crippen LogP contribution in [-0.2, 0) is 0 Å². The molecule has 0 saturated carbocycles. The summed E-state index contributed by atoms with van der Waals surface area (Å²) in [5.74, 6) is -0.531. The molecule has 0 radical (unpaired) electrons. The number of ether oxygens (including phenoxy) is 1. The van der Waals surface area contributed by atoms with Crippen LogP contribution in [0, 0.1) is 0 Å². The van der Waals surface area contributed by atoms with Gasteiger partial charge in [0, 0.05) is 17.6 Å².